The van der Waals surface area contributed by atoms with Crippen LogP contribution < -0.4 is 5.32 Å². The first-order valence-corrected chi connectivity index (χ1v) is 7.91. The second kappa shape index (κ2) is 5.24. The number of benzene rings is 1. The van der Waals surface area contributed by atoms with Crippen molar-refractivity contribution in [3.8, 4) is 5.69 Å². The molecule has 0 unspecified atom stereocenters. The summed E-state index contributed by atoms with van der Waals surface area (Å²) in [4.78, 5) is 4.53. The Balaban J connectivity index is 1.68. The van der Waals surface area contributed by atoms with Crippen LogP contribution in [0.1, 0.15) is 18.5 Å². The normalized spacial score (nSPS) is 14.7. The van der Waals surface area contributed by atoms with E-state index in [-0.39, 0.29) is 0 Å². The molecule has 3 aromatic rings. The van der Waals surface area contributed by atoms with Crippen molar-refractivity contribution in [1.82, 2.24) is 20.1 Å². The minimum atomic E-state index is 0.701. The molecule has 2 aromatic heterocycles. The van der Waals surface area contributed by atoms with Gasteiger partial charge in [-0.1, -0.05) is 12.1 Å². The van der Waals surface area contributed by atoms with Crippen LogP contribution in [0.4, 0.5) is 0 Å². The van der Waals surface area contributed by atoms with Crippen molar-refractivity contribution in [2.45, 2.75) is 25.4 Å². The molecule has 0 spiro atoms. The van der Waals surface area contributed by atoms with Gasteiger partial charge in [-0.15, -0.1) is 0 Å². The number of fused-ring (bicyclic) bond motifs is 1. The molecule has 0 bridgehead atoms. The fourth-order valence-corrected chi connectivity index (χ4v) is 2.78. The molecule has 5 heteroatoms. The van der Waals surface area contributed by atoms with Crippen LogP contribution in [0, 0.1) is 0 Å². The first-order chi connectivity index (χ1) is 10.3. The van der Waals surface area contributed by atoms with Gasteiger partial charge in [-0.3, -0.25) is 4.98 Å². The molecule has 4 nitrogen and oxygen atoms in total. The van der Waals surface area contributed by atoms with Crippen LogP contribution in [0.2, 0.25) is 0 Å². The van der Waals surface area contributed by atoms with E-state index in [4.69, 9.17) is 0 Å². The Morgan fingerprint density at radius 3 is 3.05 bits per heavy atom. The third-order valence-corrected chi connectivity index (χ3v) is 4.13. The number of hydrogen-bond donors (Lipinski definition) is 1. The van der Waals surface area contributed by atoms with Gasteiger partial charge in [0.05, 0.1) is 16.9 Å². The van der Waals surface area contributed by atoms with E-state index in [0.717, 1.165) is 33.3 Å². The van der Waals surface area contributed by atoms with Gasteiger partial charge in [-0.25, -0.2) is 4.68 Å². The zero-order valence-electron chi connectivity index (χ0n) is 11.5. The van der Waals surface area contributed by atoms with Crippen molar-refractivity contribution in [2.24, 2.45) is 0 Å². The highest BCUT2D eigenvalue weighted by molar-refractivity contribution is 9.10. The Morgan fingerprint density at radius 1 is 1.29 bits per heavy atom. The topological polar surface area (TPSA) is 42.7 Å². The summed E-state index contributed by atoms with van der Waals surface area (Å²) >= 11 is 3.46. The van der Waals surface area contributed by atoms with Crippen LogP contribution in [0.15, 0.2) is 47.2 Å². The Morgan fingerprint density at radius 2 is 2.19 bits per heavy atom. The standard InChI is InChI=1S/C16H15BrN4/c17-12-8-11-2-1-3-15(16(11)19-9-12)21-7-6-14(20-21)10-18-13-4-5-13/h1-3,6-9,13,18H,4-5,10H2. The zero-order chi connectivity index (χ0) is 14.2. The Hall–Kier alpha value is -1.72. The molecule has 0 aliphatic heterocycles. The highest BCUT2D eigenvalue weighted by Gasteiger charge is 2.20. The van der Waals surface area contributed by atoms with E-state index >= 15 is 0 Å². The fraction of sp³-hybridized carbons (Fsp3) is 0.250. The largest absolute Gasteiger partial charge is 0.308 e. The number of hydrogen-bond acceptors (Lipinski definition) is 3. The van der Waals surface area contributed by atoms with Gasteiger partial charge >= 0.3 is 0 Å². The third kappa shape index (κ3) is 2.71. The smallest absolute Gasteiger partial charge is 0.0959 e. The number of aromatic nitrogens is 3. The fourth-order valence-electron chi connectivity index (χ4n) is 2.43. The second-order valence-corrected chi connectivity index (χ2v) is 6.32. The first kappa shape index (κ1) is 13.0. The van der Waals surface area contributed by atoms with Crippen LogP contribution in [-0.2, 0) is 6.54 Å². The molecule has 1 N–H and O–H groups in total. The molecule has 1 fully saturated rings. The van der Waals surface area contributed by atoms with Gasteiger partial charge in [0.1, 0.15) is 0 Å². The molecule has 1 saturated carbocycles. The van der Waals surface area contributed by atoms with Gasteiger partial charge in [0.25, 0.3) is 0 Å². The van der Waals surface area contributed by atoms with E-state index in [0.29, 0.717) is 6.04 Å². The number of nitrogens with one attached hydrogen (secondary N) is 1. The lowest BCUT2D eigenvalue weighted by Gasteiger charge is -2.06. The SMILES string of the molecule is Brc1cnc2c(-n3ccc(CNC4CC4)n3)cccc2c1. The van der Waals surface area contributed by atoms with Crippen molar-refractivity contribution in [3.05, 3.63) is 52.9 Å². The summed E-state index contributed by atoms with van der Waals surface area (Å²) in [6, 6.07) is 11.0. The number of rotatable bonds is 4. The van der Waals surface area contributed by atoms with E-state index < -0.39 is 0 Å². The van der Waals surface area contributed by atoms with E-state index in [1.54, 1.807) is 0 Å². The molecule has 21 heavy (non-hydrogen) atoms. The maximum Gasteiger partial charge on any atom is 0.0959 e. The van der Waals surface area contributed by atoms with E-state index in [9.17, 15) is 0 Å². The van der Waals surface area contributed by atoms with Gasteiger partial charge in [0, 0.05) is 34.8 Å². The van der Waals surface area contributed by atoms with Crippen LogP contribution in [0.3, 0.4) is 0 Å². The quantitative estimate of drug-likeness (QED) is 0.789. The summed E-state index contributed by atoms with van der Waals surface area (Å²) in [6.45, 7) is 0.835. The maximum absolute atomic E-state index is 4.66. The van der Waals surface area contributed by atoms with E-state index in [1.807, 2.05) is 29.2 Å². The summed E-state index contributed by atoms with van der Waals surface area (Å²) in [6.07, 6.45) is 6.42. The van der Waals surface area contributed by atoms with Crippen molar-refractivity contribution >= 4 is 26.8 Å². The predicted octanol–water partition coefficient (Wildman–Crippen LogP) is 3.44. The van der Waals surface area contributed by atoms with Crippen molar-refractivity contribution in [1.29, 1.82) is 0 Å². The lowest BCUT2D eigenvalue weighted by Crippen LogP contribution is -2.15. The molecule has 2 heterocycles. The molecule has 1 aliphatic rings. The Bertz CT molecular complexity index is 792. The van der Waals surface area contributed by atoms with Crippen molar-refractivity contribution < 1.29 is 0 Å². The molecule has 1 aliphatic carbocycles. The van der Waals surface area contributed by atoms with Gasteiger partial charge < -0.3 is 5.32 Å². The van der Waals surface area contributed by atoms with Gasteiger partial charge in [-0.05, 0) is 47.0 Å². The monoisotopic (exact) mass is 342 g/mol. The van der Waals surface area contributed by atoms with Gasteiger partial charge in [-0.2, -0.15) is 5.10 Å². The zero-order valence-corrected chi connectivity index (χ0v) is 13.0. The molecular formula is C16H15BrN4. The highest BCUT2D eigenvalue weighted by Crippen LogP contribution is 2.23. The van der Waals surface area contributed by atoms with E-state index in [1.165, 1.54) is 12.8 Å². The molecule has 0 amide bonds. The number of pyridine rings is 1. The number of nitrogens with zero attached hydrogens (tertiary/aromatic N) is 3. The van der Waals surface area contributed by atoms with Crippen LogP contribution in [-0.4, -0.2) is 20.8 Å². The van der Waals surface area contributed by atoms with Gasteiger partial charge in [0.15, 0.2) is 0 Å². The average Bonchev–Trinajstić information content (AvgIpc) is 3.21. The minimum absolute atomic E-state index is 0.701. The van der Waals surface area contributed by atoms with Crippen molar-refractivity contribution in [3.63, 3.8) is 0 Å². The predicted molar refractivity (Wildman–Crippen MR) is 86.4 cm³/mol. The first-order valence-electron chi connectivity index (χ1n) is 7.12. The molecule has 0 radical (unpaired) electrons. The van der Waals surface area contributed by atoms with Crippen molar-refractivity contribution in [2.75, 3.05) is 0 Å². The van der Waals surface area contributed by atoms with E-state index in [2.05, 4.69) is 49.5 Å². The Kier molecular flexibility index (Phi) is 3.24. The number of para-hydroxylation sites is 1. The molecule has 106 valence electrons. The molecule has 4 rings (SSSR count). The summed E-state index contributed by atoms with van der Waals surface area (Å²) in [5, 5.41) is 9.25. The molecule has 0 atom stereocenters. The third-order valence-electron chi connectivity index (χ3n) is 3.70. The summed E-state index contributed by atoms with van der Waals surface area (Å²) in [7, 11) is 0. The minimum Gasteiger partial charge on any atom is -0.308 e. The van der Waals surface area contributed by atoms with Crippen LogP contribution in [0.5, 0.6) is 0 Å². The van der Waals surface area contributed by atoms with Gasteiger partial charge in [0.2, 0.25) is 0 Å². The molecule has 1 aromatic carbocycles. The number of halogens is 1. The van der Waals surface area contributed by atoms with Crippen LogP contribution >= 0.6 is 15.9 Å². The lowest BCUT2D eigenvalue weighted by atomic mass is 10.2. The summed E-state index contributed by atoms with van der Waals surface area (Å²) in [5.41, 5.74) is 3.04. The summed E-state index contributed by atoms with van der Waals surface area (Å²) < 4.78 is 2.90. The second-order valence-electron chi connectivity index (χ2n) is 5.41. The molecular weight excluding hydrogens is 328 g/mol. The Labute approximate surface area is 131 Å². The summed E-state index contributed by atoms with van der Waals surface area (Å²) in [5.74, 6) is 0. The molecule has 0 saturated heterocycles. The highest BCUT2D eigenvalue weighted by atomic mass is 79.9. The maximum atomic E-state index is 4.66. The average molecular weight is 343 g/mol. The lowest BCUT2D eigenvalue weighted by molar-refractivity contribution is 0.665. The van der Waals surface area contributed by atoms with Crippen LogP contribution in [0.25, 0.3) is 16.6 Å².